The number of methoxy groups -OCH3 is 1. The van der Waals surface area contributed by atoms with Gasteiger partial charge in [0.05, 0.1) is 31.6 Å². The Morgan fingerprint density at radius 2 is 2.17 bits per heavy atom. The number of benzene rings is 1. The third-order valence-electron chi connectivity index (χ3n) is 3.53. The summed E-state index contributed by atoms with van der Waals surface area (Å²) in [6.45, 7) is 1.29. The average Bonchev–Trinajstić information content (AvgIpc) is 3.09. The number of ether oxygens (including phenoxy) is 3. The number of aromatic nitrogens is 1. The van der Waals surface area contributed by atoms with E-state index in [0.29, 0.717) is 36.1 Å². The van der Waals surface area contributed by atoms with Crippen molar-refractivity contribution in [3.63, 3.8) is 0 Å². The van der Waals surface area contributed by atoms with Crippen molar-refractivity contribution in [2.45, 2.75) is 12.5 Å². The third kappa shape index (κ3) is 3.78. The molecule has 2 aromatic rings. The third-order valence-corrected chi connectivity index (χ3v) is 3.53. The zero-order valence-corrected chi connectivity index (χ0v) is 12.8. The molecule has 6 nitrogen and oxygen atoms in total. The maximum atomic E-state index is 12.3. The highest BCUT2D eigenvalue weighted by molar-refractivity contribution is 6.04. The van der Waals surface area contributed by atoms with Crippen LogP contribution in [0.2, 0.25) is 0 Å². The molecule has 1 unspecified atom stereocenters. The van der Waals surface area contributed by atoms with Crippen LogP contribution in [0.15, 0.2) is 42.6 Å². The zero-order chi connectivity index (χ0) is 16.1. The Balaban J connectivity index is 1.65. The number of pyridine rings is 1. The van der Waals surface area contributed by atoms with Gasteiger partial charge in [-0.05, 0) is 18.2 Å². The van der Waals surface area contributed by atoms with E-state index in [1.54, 1.807) is 31.4 Å². The minimum Gasteiger partial charge on any atom is -0.495 e. The largest absolute Gasteiger partial charge is 0.495 e. The molecule has 0 bridgehead atoms. The fourth-order valence-electron chi connectivity index (χ4n) is 2.30. The number of amides is 1. The van der Waals surface area contributed by atoms with E-state index in [0.717, 1.165) is 6.42 Å². The molecule has 23 heavy (non-hydrogen) atoms. The SMILES string of the molecule is COc1ccccc1NC(=O)c1ccc(OC2CCOC2)nc1. The fourth-order valence-corrected chi connectivity index (χ4v) is 2.30. The van der Waals surface area contributed by atoms with Crippen LogP contribution in [0.3, 0.4) is 0 Å². The van der Waals surface area contributed by atoms with Crippen molar-refractivity contribution in [1.29, 1.82) is 0 Å². The standard InChI is InChI=1S/C17H18N2O4/c1-21-15-5-3-2-4-14(15)19-17(20)12-6-7-16(18-10-12)23-13-8-9-22-11-13/h2-7,10,13H,8-9,11H2,1H3,(H,19,20). The minimum absolute atomic E-state index is 0.0377. The molecule has 1 amide bonds. The Bertz CT molecular complexity index is 667. The average molecular weight is 314 g/mol. The van der Waals surface area contributed by atoms with Gasteiger partial charge in [0.1, 0.15) is 11.9 Å². The number of carbonyl (C=O) groups excluding carboxylic acids is 1. The first-order valence-corrected chi connectivity index (χ1v) is 7.41. The van der Waals surface area contributed by atoms with Crippen LogP contribution in [0.4, 0.5) is 5.69 Å². The van der Waals surface area contributed by atoms with Gasteiger partial charge in [0, 0.05) is 18.7 Å². The normalized spacial score (nSPS) is 16.8. The topological polar surface area (TPSA) is 69.7 Å². The Morgan fingerprint density at radius 1 is 1.30 bits per heavy atom. The molecule has 0 aliphatic carbocycles. The molecule has 1 atom stereocenters. The summed E-state index contributed by atoms with van der Waals surface area (Å²) in [5, 5.41) is 2.81. The Labute approximate surface area is 134 Å². The van der Waals surface area contributed by atoms with Crippen LogP contribution >= 0.6 is 0 Å². The molecule has 2 heterocycles. The molecule has 0 radical (unpaired) electrons. The van der Waals surface area contributed by atoms with E-state index in [9.17, 15) is 4.79 Å². The maximum Gasteiger partial charge on any atom is 0.257 e. The van der Waals surface area contributed by atoms with Crippen molar-refractivity contribution in [1.82, 2.24) is 4.98 Å². The summed E-state index contributed by atoms with van der Waals surface area (Å²) in [5.74, 6) is 0.849. The zero-order valence-electron chi connectivity index (χ0n) is 12.8. The van der Waals surface area contributed by atoms with Crippen molar-refractivity contribution >= 4 is 11.6 Å². The summed E-state index contributed by atoms with van der Waals surface area (Å²) < 4.78 is 16.1. The molecule has 120 valence electrons. The first kappa shape index (κ1) is 15.3. The Morgan fingerprint density at radius 3 is 2.87 bits per heavy atom. The first-order chi connectivity index (χ1) is 11.3. The number of carbonyl (C=O) groups is 1. The van der Waals surface area contributed by atoms with Crippen molar-refractivity contribution in [2.75, 3.05) is 25.6 Å². The molecule has 1 aliphatic heterocycles. The molecular formula is C17H18N2O4. The van der Waals surface area contributed by atoms with Crippen LogP contribution in [-0.2, 0) is 4.74 Å². The number of nitrogens with zero attached hydrogens (tertiary/aromatic N) is 1. The molecule has 0 saturated carbocycles. The molecule has 1 saturated heterocycles. The lowest BCUT2D eigenvalue weighted by atomic mass is 10.2. The highest BCUT2D eigenvalue weighted by Gasteiger charge is 2.18. The van der Waals surface area contributed by atoms with Gasteiger partial charge in [-0.15, -0.1) is 0 Å². The van der Waals surface area contributed by atoms with E-state index >= 15 is 0 Å². The molecule has 1 aromatic heterocycles. The van der Waals surface area contributed by atoms with Gasteiger partial charge in [0.25, 0.3) is 5.91 Å². The van der Waals surface area contributed by atoms with Crippen LogP contribution in [0, 0.1) is 0 Å². The van der Waals surface area contributed by atoms with E-state index in [1.807, 2.05) is 12.1 Å². The Kier molecular flexibility index (Phi) is 4.73. The van der Waals surface area contributed by atoms with E-state index in [2.05, 4.69) is 10.3 Å². The number of rotatable bonds is 5. The summed E-state index contributed by atoms with van der Waals surface area (Å²) in [4.78, 5) is 16.4. The van der Waals surface area contributed by atoms with Gasteiger partial charge in [-0.3, -0.25) is 4.79 Å². The van der Waals surface area contributed by atoms with Crippen molar-refractivity contribution in [3.05, 3.63) is 48.2 Å². The highest BCUT2D eigenvalue weighted by atomic mass is 16.5. The quantitative estimate of drug-likeness (QED) is 0.918. The molecule has 1 aliphatic rings. The summed E-state index contributed by atoms with van der Waals surface area (Å²) in [7, 11) is 1.56. The molecule has 1 fully saturated rings. The maximum absolute atomic E-state index is 12.3. The van der Waals surface area contributed by atoms with Crippen LogP contribution in [0.5, 0.6) is 11.6 Å². The van der Waals surface area contributed by atoms with Gasteiger partial charge in [0.2, 0.25) is 5.88 Å². The Hall–Kier alpha value is -2.60. The first-order valence-electron chi connectivity index (χ1n) is 7.41. The predicted octanol–water partition coefficient (Wildman–Crippen LogP) is 2.51. The number of para-hydroxylation sites is 2. The minimum atomic E-state index is -0.252. The number of hydrogen-bond acceptors (Lipinski definition) is 5. The number of anilines is 1. The van der Waals surface area contributed by atoms with E-state index < -0.39 is 0 Å². The van der Waals surface area contributed by atoms with Crippen LogP contribution in [0.1, 0.15) is 16.8 Å². The van der Waals surface area contributed by atoms with Gasteiger partial charge < -0.3 is 19.5 Å². The van der Waals surface area contributed by atoms with Gasteiger partial charge in [0.15, 0.2) is 0 Å². The highest BCUT2D eigenvalue weighted by Crippen LogP contribution is 2.23. The van der Waals surface area contributed by atoms with Crippen LogP contribution in [-0.4, -0.2) is 37.3 Å². The smallest absolute Gasteiger partial charge is 0.257 e. The molecule has 3 rings (SSSR count). The van der Waals surface area contributed by atoms with Gasteiger partial charge in [-0.1, -0.05) is 12.1 Å². The van der Waals surface area contributed by atoms with Crippen molar-refractivity contribution in [3.8, 4) is 11.6 Å². The molecule has 6 heteroatoms. The van der Waals surface area contributed by atoms with Gasteiger partial charge in [-0.2, -0.15) is 0 Å². The number of nitrogens with one attached hydrogen (secondary N) is 1. The van der Waals surface area contributed by atoms with E-state index in [1.165, 1.54) is 6.20 Å². The molecule has 1 N–H and O–H groups in total. The predicted molar refractivity (Wildman–Crippen MR) is 85.0 cm³/mol. The monoisotopic (exact) mass is 314 g/mol. The molecule has 0 spiro atoms. The van der Waals surface area contributed by atoms with E-state index in [-0.39, 0.29) is 12.0 Å². The summed E-state index contributed by atoms with van der Waals surface area (Å²) >= 11 is 0. The lowest BCUT2D eigenvalue weighted by Gasteiger charge is -2.12. The summed E-state index contributed by atoms with van der Waals surface area (Å²) in [6, 6.07) is 10.6. The van der Waals surface area contributed by atoms with Gasteiger partial charge in [-0.25, -0.2) is 4.98 Å². The second kappa shape index (κ2) is 7.11. The molecule has 1 aromatic carbocycles. The van der Waals surface area contributed by atoms with Crippen molar-refractivity contribution < 1.29 is 19.0 Å². The second-order valence-corrected chi connectivity index (χ2v) is 5.14. The molecular weight excluding hydrogens is 296 g/mol. The van der Waals surface area contributed by atoms with Crippen LogP contribution in [0.25, 0.3) is 0 Å². The summed E-state index contributed by atoms with van der Waals surface area (Å²) in [6.07, 6.45) is 2.39. The second-order valence-electron chi connectivity index (χ2n) is 5.14. The fraction of sp³-hybridized carbons (Fsp3) is 0.294. The number of hydrogen-bond donors (Lipinski definition) is 1. The van der Waals surface area contributed by atoms with Crippen LogP contribution < -0.4 is 14.8 Å². The lowest BCUT2D eigenvalue weighted by molar-refractivity contribution is 0.102. The lowest BCUT2D eigenvalue weighted by Crippen LogP contribution is -2.17. The van der Waals surface area contributed by atoms with Gasteiger partial charge >= 0.3 is 0 Å². The summed E-state index contributed by atoms with van der Waals surface area (Å²) in [5.41, 5.74) is 1.06. The van der Waals surface area contributed by atoms with E-state index in [4.69, 9.17) is 14.2 Å². The van der Waals surface area contributed by atoms with Crippen molar-refractivity contribution in [2.24, 2.45) is 0 Å².